The number of ether oxygens (including phenoxy) is 2. The highest BCUT2D eigenvalue weighted by Gasteiger charge is 2.63. The second kappa shape index (κ2) is 10.5. The number of carbonyl (C=O) groups is 4. The SMILES string of the molecule is COc1ccccc1NC(=O)COC(=O)[C@H](CC(C)C)N1C(=O)[C@H]2C3c4ccccc4C(c4ccccc43)[C@@H]2C1=O. The summed E-state index contributed by atoms with van der Waals surface area (Å²) in [5, 5.41) is 2.68. The Morgan fingerprint density at radius 3 is 1.78 bits per heavy atom. The molecule has 3 aromatic carbocycles. The minimum absolute atomic E-state index is 0.00991. The molecule has 7 rings (SSSR count). The van der Waals surface area contributed by atoms with E-state index in [2.05, 4.69) is 5.32 Å². The number of nitrogens with zero attached hydrogens (tertiary/aromatic N) is 1. The van der Waals surface area contributed by atoms with Crippen LogP contribution in [0.15, 0.2) is 72.8 Å². The molecule has 0 spiro atoms. The second-order valence-electron chi connectivity index (χ2n) is 11.3. The van der Waals surface area contributed by atoms with Crippen LogP contribution in [-0.2, 0) is 23.9 Å². The van der Waals surface area contributed by atoms with Crippen LogP contribution in [0.4, 0.5) is 5.69 Å². The predicted molar refractivity (Wildman–Crippen MR) is 151 cm³/mol. The molecule has 1 aliphatic heterocycles. The van der Waals surface area contributed by atoms with Gasteiger partial charge in [0.15, 0.2) is 6.61 Å². The van der Waals surface area contributed by atoms with E-state index < -0.39 is 36.4 Å². The van der Waals surface area contributed by atoms with Crippen molar-refractivity contribution in [3.8, 4) is 5.75 Å². The number of hydrogen-bond donors (Lipinski definition) is 1. The zero-order chi connectivity index (χ0) is 28.8. The van der Waals surface area contributed by atoms with Gasteiger partial charge in [0, 0.05) is 11.8 Å². The summed E-state index contributed by atoms with van der Waals surface area (Å²) in [6.07, 6.45) is 0.235. The average molecular weight is 553 g/mol. The quantitative estimate of drug-likeness (QED) is 0.327. The maximum Gasteiger partial charge on any atom is 0.329 e. The minimum Gasteiger partial charge on any atom is -0.495 e. The fourth-order valence-electron chi connectivity index (χ4n) is 6.93. The summed E-state index contributed by atoms with van der Waals surface area (Å²) in [6.45, 7) is 3.28. The topological polar surface area (TPSA) is 102 Å². The molecule has 4 aliphatic rings. The molecule has 0 unspecified atom stereocenters. The fourth-order valence-corrected chi connectivity index (χ4v) is 6.93. The summed E-state index contributed by atoms with van der Waals surface area (Å²) in [7, 11) is 1.49. The Bertz CT molecular complexity index is 1430. The molecular formula is C33H32N2O6. The van der Waals surface area contributed by atoms with Gasteiger partial charge < -0.3 is 14.8 Å². The van der Waals surface area contributed by atoms with Gasteiger partial charge in [0.25, 0.3) is 5.91 Å². The Labute approximate surface area is 238 Å². The van der Waals surface area contributed by atoms with Crippen molar-refractivity contribution in [2.45, 2.75) is 38.1 Å². The van der Waals surface area contributed by atoms with E-state index in [9.17, 15) is 19.2 Å². The van der Waals surface area contributed by atoms with Gasteiger partial charge in [0.2, 0.25) is 11.8 Å². The van der Waals surface area contributed by atoms with Crippen molar-refractivity contribution in [2.24, 2.45) is 17.8 Å². The van der Waals surface area contributed by atoms with E-state index in [-0.39, 0.29) is 36.0 Å². The number of amides is 3. The molecule has 8 nitrogen and oxygen atoms in total. The molecule has 1 fully saturated rings. The normalized spacial score (nSPS) is 22.6. The van der Waals surface area contributed by atoms with Crippen LogP contribution in [0.2, 0.25) is 0 Å². The highest BCUT2D eigenvalue weighted by Crippen LogP contribution is 2.61. The average Bonchev–Trinajstić information content (AvgIpc) is 3.24. The molecule has 0 radical (unpaired) electrons. The largest absolute Gasteiger partial charge is 0.495 e. The highest BCUT2D eigenvalue weighted by atomic mass is 16.5. The number of imide groups is 1. The van der Waals surface area contributed by atoms with Crippen LogP contribution >= 0.6 is 0 Å². The van der Waals surface area contributed by atoms with E-state index in [1.165, 1.54) is 7.11 Å². The van der Waals surface area contributed by atoms with Crippen molar-refractivity contribution in [3.05, 3.63) is 95.1 Å². The Hall–Kier alpha value is -4.46. The van der Waals surface area contributed by atoms with Gasteiger partial charge in [-0.1, -0.05) is 74.5 Å². The second-order valence-corrected chi connectivity index (χ2v) is 11.3. The van der Waals surface area contributed by atoms with Crippen LogP contribution in [0.3, 0.4) is 0 Å². The molecule has 0 aromatic heterocycles. The number of anilines is 1. The number of carbonyl (C=O) groups excluding carboxylic acids is 4. The van der Waals surface area contributed by atoms with Crippen molar-refractivity contribution in [1.82, 2.24) is 4.90 Å². The van der Waals surface area contributed by atoms with Crippen molar-refractivity contribution < 1.29 is 28.7 Å². The van der Waals surface area contributed by atoms with Crippen LogP contribution in [0.25, 0.3) is 0 Å². The van der Waals surface area contributed by atoms with Gasteiger partial charge in [-0.3, -0.25) is 19.3 Å². The first-order valence-electron chi connectivity index (χ1n) is 14.0. The Morgan fingerprint density at radius 2 is 1.29 bits per heavy atom. The maximum absolute atomic E-state index is 14.1. The summed E-state index contributed by atoms with van der Waals surface area (Å²) >= 11 is 0. The minimum atomic E-state index is -1.12. The highest BCUT2D eigenvalue weighted by molar-refractivity contribution is 6.10. The first kappa shape index (κ1) is 26.7. The predicted octanol–water partition coefficient (Wildman–Crippen LogP) is 4.48. The summed E-state index contributed by atoms with van der Waals surface area (Å²) < 4.78 is 10.7. The third-order valence-electron chi connectivity index (χ3n) is 8.49. The van der Waals surface area contributed by atoms with Crippen LogP contribution < -0.4 is 10.1 Å². The van der Waals surface area contributed by atoms with E-state index in [0.29, 0.717) is 11.4 Å². The number of rotatable bonds is 8. The fraction of sp³-hybridized carbons (Fsp3) is 0.333. The van der Waals surface area contributed by atoms with Gasteiger partial charge in [0.05, 0.1) is 24.6 Å². The molecule has 8 heteroatoms. The van der Waals surface area contributed by atoms with Gasteiger partial charge in [0.1, 0.15) is 11.8 Å². The first-order chi connectivity index (χ1) is 19.8. The standard InChI is InChI=1S/C33H32N2O6/c1-18(2)16-24(33(39)41-17-26(36)34-23-14-8-9-15-25(23)40-3)35-31(37)29-27-19-10-4-5-11-20(19)28(30(29)32(35)38)22-13-7-6-12-21(22)27/h4-15,18,24,27-30H,16-17H2,1-3H3,(H,34,36)/t24-,27?,28?,29-,30-/m0/s1. The monoisotopic (exact) mass is 552 g/mol. The van der Waals surface area contributed by atoms with E-state index in [1.54, 1.807) is 24.3 Å². The van der Waals surface area contributed by atoms with Gasteiger partial charge >= 0.3 is 5.97 Å². The van der Waals surface area contributed by atoms with E-state index in [1.807, 2.05) is 62.4 Å². The molecule has 3 aliphatic carbocycles. The lowest BCUT2D eigenvalue weighted by Crippen LogP contribution is -2.47. The molecule has 3 atom stereocenters. The molecule has 3 aromatic rings. The van der Waals surface area contributed by atoms with Gasteiger partial charge in [-0.2, -0.15) is 0 Å². The lowest BCUT2D eigenvalue weighted by molar-refractivity contribution is -0.160. The molecule has 1 saturated heterocycles. The Balaban J connectivity index is 1.27. The number of nitrogens with one attached hydrogen (secondary N) is 1. The maximum atomic E-state index is 14.1. The molecule has 3 amide bonds. The smallest absolute Gasteiger partial charge is 0.329 e. The number of likely N-dealkylation sites (tertiary alicyclic amines) is 1. The summed E-state index contributed by atoms with van der Waals surface area (Å²) in [5.74, 6) is -3.26. The van der Waals surface area contributed by atoms with Gasteiger partial charge in [-0.05, 0) is 46.7 Å². The van der Waals surface area contributed by atoms with Crippen LogP contribution in [0.5, 0.6) is 5.75 Å². The summed E-state index contributed by atoms with van der Waals surface area (Å²) in [6, 6.07) is 21.8. The van der Waals surface area contributed by atoms with Crippen molar-refractivity contribution in [2.75, 3.05) is 19.0 Å². The Morgan fingerprint density at radius 1 is 0.805 bits per heavy atom. The molecule has 210 valence electrons. The van der Waals surface area contributed by atoms with E-state index in [4.69, 9.17) is 9.47 Å². The number of para-hydroxylation sites is 2. The number of methoxy groups -OCH3 is 1. The molecule has 1 heterocycles. The molecule has 41 heavy (non-hydrogen) atoms. The number of esters is 1. The van der Waals surface area contributed by atoms with Crippen molar-refractivity contribution in [1.29, 1.82) is 0 Å². The summed E-state index contributed by atoms with van der Waals surface area (Å²) in [5.41, 5.74) is 4.71. The van der Waals surface area contributed by atoms with E-state index >= 15 is 0 Å². The lowest BCUT2D eigenvalue weighted by atomic mass is 9.55. The molecule has 2 bridgehead atoms. The zero-order valence-electron chi connectivity index (χ0n) is 23.2. The molecular weight excluding hydrogens is 520 g/mol. The van der Waals surface area contributed by atoms with Gasteiger partial charge in [-0.15, -0.1) is 0 Å². The zero-order valence-corrected chi connectivity index (χ0v) is 23.2. The third kappa shape index (κ3) is 4.38. The van der Waals surface area contributed by atoms with Crippen LogP contribution in [0, 0.1) is 17.8 Å². The molecule has 0 saturated carbocycles. The molecule has 1 N–H and O–H groups in total. The van der Waals surface area contributed by atoms with Gasteiger partial charge in [-0.25, -0.2) is 4.79 Å². The van der Waals surface area contributed by atoms with Crippen LogP contribution in [-0.4, -0.2) is 48.3 Å². The summed E-state index contributed by atoms with van der Waals surface area (Å²) in [4.78, 5) is 55.6. The third-order valence-corrected chi connectivity index (χ3v) is 8.49. The van der Waals surface area contributed by atoms with Crippen LogP contribution in [0.1, 0.15) is 54.4 Å². The van der Waals surface area contributed by atoms with Crippen molar-refractivity contribution >= 4 is 29.4 Å². The Kier molecular flexibility index (Phi) is 6.85. The lowest BCUT2D eigenvalue weighted by Gasteiger charge is -2.45. The number of benzene rings is 3. The first-order valence-corrected chi connectivity index (χ1v) is 14.0. The number of hydrogen-bond acceptors (Lipinski definition) is 6. The van der Waals surface area contributed by atoms with E-state index in [0.717, 1.165) is 27.2 Å². The van der Waals surface area contributed by atoms with Crippen molar-refractivity contribution in [3.63, 3.8) is 0 Å².